The van der Waals surface area contributed by atoms with Crippen molar-refractivity contribution in [2.24, 2.45) is 5.92 Å². The molecule has 1 aliphatic carbocycles. The van der Waals surface area contributed by atoms with Crippen LogP contribution in [0.15, 0.2) is 67.3 Å². The number of allylic oxidation sites excluding steroid dienone is 1. The standard InChI is InChI=1S/C30H31F/c1-3-5-6-24-12-20-29-28(21-24)19-18-27(30(29)31)17-11-23-9-15-26(16-10-23)25-13-7-22(4-2)8-14-25/h3,9-10,12,15-16,18-22,25H,1,4-8,13-14H2,2H3. The van der Waals surface area contributed by atoms with Crippen molar-refractivity contribution in [3.8, 4) is 11.8 Å². The molecule has 158 valence electrons. The van der Waals surface area contributed by atoms with E-state index in [1.807, 2.05) is 24.3 Å². The minimum absolute atomic E-state index is 0.232. The van der Waals surface area contributed by atoms with Crippen molar-refractivity contribution in [3.63, 3.8) is 0 Å². The molecule has 0 heterocycles. The first-order valence-electron chi connectivity index (χ1n) is 11.6. The maximum atomic E-state index is 15.0. The average Bonchev–Trinajstić information content (AvgIpc) is 2.82. The smallest absolute Gasteiger partial charge is 0.146 e. The summed E-state index contributed by atoms with van der Waals surface area (Å²) in [6, 6.07) is 18.3. The van der Waals surface area contributed by atoms with Gasteiger partial charge in [0.2, 0.25) is 0 Å². The lowest BCUT2D eigenvalue weighted by Gasteiger charge is -2.28. The van der Waals surface area contributed by atoms with Gasteiger partial charge in [0.05, 0.1) is 5.56 Å². The van der Waals surface area contributed by atoms with E-state index in [2.05, 4.69) is 55.7 Å². The zero-order valence-electron chi connectivity index (χ0n) is 18.5. The van der Waals surface area contributed by atoms with Crippen LogP contribution in [0.2, 0.25) is 0 Å². The summed E-state index contributed by atoms with van der Waals surface area (Å²) in [4.78, 5) is 0. The summed E-state index contributed by atoms with van der Waals surface area (Å²) in [5.74, 6) is 7.56. The van der Waals surface area contributed by atoms with Gasteiger partial charge in [-0.25, -0.2) is 4.39 Å². The number of aryl methyl sites for hydroxylation is 1. The zero-order chi connectivity index (χ0) is 21.6. The lowest BCUT2D eigenvalue weighted by atomic mass is 9.78. The molecule has 1 aliphatic rings. The SMILES string of the molecule is C=CCCc1ccc2c(F)c(C#Cc3ccc(C4CCC(CC)CC4)cc3)ccc2c1. The molecule has 0 radical (unpaired) electrons. The lowest BCUT2D eigenvalue weighted by Crippen LogP contribution is -2.12. The molecule has 1 heteroatoms. The van der Waals surface area contributed by atoms with Gasteiger partial charge in [-0.1, -0.05) is 67.7 Å². The van der Waals surface area contributed by atoms with E-state index in [9.17, 15) is 0 Å². The van der Waals surface area contributed by atoms with Crippen molar-refractivity contribution in [2.75, 3.05) is 0 Å². The van der Waals surface area contributed by atoms with Gasteiger partial charge in [-0.05, 0) is 85.1 Å². The Labute approximate surface area is 186 Å². The summed E-state index contributed by atoms with van der Waals surface area (Å²) >= 11 is 0. The van der Waals surface area contributed by atoms with Crippen LogP contribution in [-0.4, -0.2) is 0 Å². The maximum absolute atomic E-state index is 15.0. The van der Waals surface area contributed by atoms with Crippen LogP contribution in [0.4, 0.5) is 4.39 Å². The molecule has 0 aromatic heterocycles. The van der Waals surface area contributed by atoms with Gasteiger partial charge < -0.3 is 0 Å². The summed E-state index contributed by atoms with van der Waals surface area (Å²) < 4.78 is 15.0. The molecule has 31 heavy (non-hydrogen) atoms. The Morgan fingerprint density at radius 1 is 0.968 bits per heavy atom. The van der Waals surface area contributed by atoms with Crippen LogP contribution in [0.3, 0.4) is 0 Å². The number of benzene rings is 3. The Kier molecular flexibility index (Phi) is 6.88. The van der Waals surface area contributed by atoms with Gasteiger partial charge in [-0.3, -0.25) is 0 Å². The molecular weight excluding hydrogens is 379 g/mol. The van der Waals surface area contributed by atoms with Crippen molar-refractivity contribution in [1.29, 1.82) is 0 Å². The van der Waals surface area contributed by atoms with E-state index >= 15 is 4.39 Å². The Morgan fingerprint density at radius 3 is 2.45 bits per heavy atom. The quantitative estimate of drug-likeness (QED) is 0.294. The molecule has 0 bridgehead atoms. The van der Waals surface area contributed by atoms with Crippen molar-refractivity contribution in [3.05, 3.63) is 95.3 Å². The van der Waals surface area contributed by atoms with E-state index in [-0.39, 0.29) is 5.82 Å². The fourth-order valence-electron chi connectivity index (χ4n) is 4.74. The lowest BCUT2D eigenvalue weighted by molar-refractivity contribution is 0.319. The summed E-state index contributed by atoms with van der Waals surface area (Å²) in [6.07, 6.45) is 10.4. The minimum Gasteiger partial charge on any atom is -0.205 e. The number of rotatable bonds is 5. The fraction of sp³-hybridized carbons (Fsp3) is 0.333. The van der Waals surface area contributed by atoms with E-state index in [1.54, 1.807) is 6.07 Å². The van der Waals surface area contributed by atoms with Crippen LogP contribution in [0.1, 0.15) is 73.6 Å². The topological polar surface area (TPSA) is 0 Å². The van der Waals surface area contributed by atoms with Crippen LogP contribution in [-0.2, 0) is 6.42 Å². The Hall–Kier alpha value is -2.85. The first-order chi connectivity index (χ1) is 15.2. The van der Waals surface area contributed by atoms with Crippen LogP contribution in [0.5, 0.6) is 0 Å². The van der Waals surface area contributed by atoms with E-state index < -0.39 is 0 Å². The molecule has 0 amide bonds. The second-order valence-electron chi connectivity index (χ2n) is 8.81. The zero-order valence-corrected chi connectivity index (χ0v) is 18.5. The third kappa shape index (κ3) is 5.08. The highest BCUT2D eigenvalue weighted by Crippen LogP contribution is 2.36. The Bertz CT molecular complexity index is 1100. The molecule has 3 aromatic carbocycles. The van der Waals surface area contributed by atoms with Gasteiger partial charge in [0.1, 0.15) is 5.82 Å². The van der Waals surface area contributed by atoms with Crippen LogP contribution in [0, 0.1) is 23.6 Å². The van der Waals surface area contributed by atoms with Crippen molar-refractivity contribution in [2.45, 2.75) is 57.8 Å². The highest BCUT2D eigenvalue weighted by molar-refractivity contribution is 5.85. The Morgan fingerprint density at radius 2 is 1.74 bits per heavy atom. The molecule has 1 saturated carbocycles. The molecule has 3 aromatic rings. The number of halogens is 1. The van der Waals surface area contributed by atoms with Crippen molar-refractivity contribution >= 4 is 10.8 Å². The molecule has 0 atom stereocenters. The molecule has 4 rings (SSSR count). The summed E-state index contributed by atoms with van der Waals surface area (Å²) in [7, 11) is 0. The van der Waals surface area contributed by atoms with Crippen molar-refractivity contribution < 1.29 is 4.39 Å². The fourth-order valence-corrected chi connectivity index (χ4v) is 4.74. The first kappa shape index (κ1) is 21.4. The van der Waals surface area contributed by atoms with E-state index in [1.165, 1.54) is 43.2 Å². The summed E-state index contributed by atoms with van der Waals surface area (Å²) in [6.45, 7) is 6.07. The number of fused-ring (bicyclic) bond motifs is 1. The highest BCUT2D eigenvalue weighted by atomic mass is 19.1. The maximum Gasteiger partial charge on any atom is 0.146 e. The monoisotopic (exact) mass is 410 g/mol. The van der Waals surface area contributed by atoms with Gasteiger partial charge in [0, 0.05) is 10.9 Å². The van der Waals surface area contributed by atoms with Crippen molar-refractivity contribution in [1.82, 2.24) is 0 Å². The largest absolute Gasteiger partial charge is 0.205 e. The molecule has 0 unspecified atom stereocenters. The van der Waals surface area contributed by atoms with Crippen LogP contribution < -0.4 is 0 Å². The predicted octanol–water partition coefficient (Wildman–Crippen LogP) is 8.18. The number of hydrogen-bond acceptors (Lipinski definition) is 0. The van der Waals surface area contributed by atoms with Gasteiger partial charge in [0.15, 0.2) is 0 Å². The molecule has 1 fully saturated rings. The Balaban J connectivity index is 1.49. The van der Waals surface area contributed by atoms with Gasteiger partial charge in [0.25, 0.3) is 0 Å². The van der Waals surface area contributed by atoms with E-state index in [4.69, 9.17) is 0 Å². The van der Waals surface area contributed by atoms with E-state index in [0.717, 1.165) is 29.7 Å². The van der Waals surface area contributed by atoms with Gasteiger partial charge >= 0.3 is 0 Å². The average molecular weight is 411 g/mol. The summed E-state index contributed by atoms with van der Waals surface area (Å²) in [5.41, 5.74) is 4.01. The molecule has 0 nitrogen and oxygen atoms in total. The van der Waals surface area contributed by atoms with Crippen LogP contribution >= 0.6 is 0 Å². The second kappa shape index (κ2) is 9.97. The number of hydrogen-bond donors (Lipinski definition) is 0. The first-order valence-corrected chi connectivity index (χ1v) is 11.6. The van der Waals surface area contributed by atoms with Gasteiger partial charge in [-0.2, -0.15) is 0 Å². The second-order valence-corrected chi connectivity index (χ2v) is 8.81. The van der Waals surface area contributed by atoms with Gasteiger partial charge in [-0.15, -0.1) is 6.58 Å². The highest BCUT2D eigenvalue weighted by Gasteiger charge is 2.20. The third-order valence-corrected chi connectivity index (χ3v) is 6.80. The molecule has 0 saturated heterocycles. The van der Waals surface area contributed by atoms with E-state index in [0.29, 0.717) is 16.9 Å². The molecular formula is C30H31F. The minimum atomic E-state index is -0.232. The molecule has 0 spiro atoms. The summed E-state index contributed by atoms with van der Waals surface area (Å²) in [5, 5.41) is 1.55. The predicted molar refractivity (Wildman–Crippen MR) is 130 cm³/mol. The molecule has 0 N–H and O–H groups in total. The molecule has 0 aliphatic heterocycles. The van der Waals surface area contributed by atoms with Crippen LogP contribution in [0.25, 0.3) is 10.8 Å². The normalized spacial score (nSPS) is 18.4. The third-order valence-electron chi connectivity index (χ3n) is 6.80.